The predicted octanol–water partition coefficient (Wildman–Crippen LogP) is 2.13. The summed E-state index contributed by atoms with van der Waals surface area (Å²) in [6, 6.07) is 17.2. The molecule has 2 atom stereocenters. The largest absolute Gasteiger partial charge is 0.349 e. The van der Waals surface area contributed by atoms with Gasteiger partial charge in [0.2, 0.25) is 5.91 Å². The Morgan fingerprint density at radius 1 is 0.923 bits per heavy atom. The number of carbonyl (C=O) groups excluding carboxylic acids is 2. The van der Waals surface area contributed by atoms with E-state index in [4.69, 9.17) is 0 Å². The lowest BCUT2D eigenvalue weighted by Gasteiger charge is -2.11. The van der Waals surface area contributed by atoms with Gasteiger partial charge < -0.3 is 10.6 Å². The van der Waals surface area contributed by atoms with Crippen LogP contribution in [0.2, 0.25) is 0 Å². The minimum Gasteiger partial charge on any atom is -0.349 e. The van der Waals surface area contributed by atoms with Crippen LogP contribution in [0.1, 0.15) is 41.2 Å². The number of rotatable bonds is 5. The van der Waals surface area contributed by atoms with Crippen LogP contribution in [0.15, 0.2) is 54.6 Å². The third kappa shape index (κ3) is 3.92. The number of anilines is 1. The maximum atomic E-state index is 12.5. The van der Waals surface area contributed by atoms with Crippen molar-refractivity contribution in [2.75, 3.05) is 5.32 Å². The maximum Gasteiger partial charge on any atom is 0.251 e. The lowest BCUT2D eigenvalue weighted by molar-refractivity contribution is -0.117. The second kappa shape index (κ2) is 7.27. The van der Waals surface area contributed by atoms with Gasteiger partial charge in [0.05, 0.1) is 0 Å². The van der Waals surface area contributed by atoms with E-state index in [9.17, 15) is 9.59 Å². The van der Waals surface area contributed by atoms with Gasteiger partial charge in [0.15, 0.2) is 0 Å². The molecule has 4 rings (SSSR count). The SMILES string of the molecule is O=C(NC1CC1)c1ccc(NC(=O)C2CC(c3ccccc3)NN2)cc1. The second-order valence-electron chi connectivity index (χ2n) is 6.85. The Hall–Kier alpha value is -2.70. The lowest BCUT2D eigenvalue weighted by Crippen LogP contribution is -2.39. The Kier molecular flexibility index (Phi) is 4.69. The number of nitrogens with one attached hydrogen (secondary N) is 4. The predicted molar refractivity (Wildman–Crippen MR) is 99.4 cm³/mol. The highest BCUT2D eigenvalue weighted by molar-refractivity contribution is 5.97. The van der Waals surface area contributed by atoms with Gasteiger partial charge in [-0.15, -0.1) is 0 Å². The van der Waals surface area contributed by atoms with Crippen molar-refractivity contribution in [3.8, 4) is 0 Å². The van der Waals surface area contributed by atoms with Crippen LogP contribution in [0.25, 0.3) is 0 Å². The first-order valence-corrected chi connectivity index (χ1v) is 8.97. The molecule has 1 saturated carbocycles. The van der Waals surface area contributed by atoms with Crippen molar-refractivity contribution < 1.29 is 9.59 Å². The van der Waals surface area contributed by atoms with Crippen molar-refractivity contribution in [1.82, 2.24) is 16.2 Å². The van der Waals surface area contributed by atoms with Gasteiger partial charge in [-0.2, -0.15) is 0 Å². The number of hydrazine groups is 1. The zero-order chi connectivity index (χ0) is 17.9. The minimum absolute atomic E-state index is 0.0576. The van der Waals surface area contributed by atoms with Crippen LogP contribution >= 0.6 is 0 Å². The van der Waals surface area contributed by atoms with Gasteiger partial charge in [-0.05, 0) is 49.1 Å². The Morgan fingerprint density at radius 2 is 1.65 bits per heavy atom. The van der Waals surface area contributed by atoms with Crippen LogP contribution in [-0.2, 0) is 4.79 Å². The molecule has 2 aromatic carbocycles. The van der Waals surface area contributed by atoms with Crippen molar-refractivity contribution in [2.24, 2.45) is 0 Å². The van der Waals surface area contributed by atoms with E-state index in [-0.39, 0.29) is 23.9 Å². The van der Waals surface area contributed by atoms with Crippen molar-refractivity contribution in [2.45, 2.75) is 37.4 Å². The number of hydrogen-bond donors (Lipinski definition) is 4. The molecule has 2 aliphatic rings. The van der Waals surface area contributed by atoms with Crippen LogP contribution in [0.3, 0.4) is 0 Å². The van der Waals surface area contributed by atoms with Gasteiger partial charge in [0.25, 0.3) is 5.91 Å². The molecular formula is C20H22N4O2. The summed E-state index contributed by atoms with van der Waals surface area (Å²) in [7, 11) is 0. The average Bonchev–Trinajstić information content (AvgIpc) is 3.34. The van der Waals surface area contributed by atoms with Crippen molar-refractivity contribution in [3.05, 3.63) is 65.7 Å². The van der Waals surface area contributed by atoms with Crippen LogP contribution in [0, 0.1) is 0 Å². The number of hydrogen-bond acceptors (Lipinski definition) is 4. The molecule has 2 amide bonds. The standard InChI is InChI=1S/C20H22N4O2/c25-19(21-16-10-11-16)14-6-8-15(9-7-14)22-20(26)18-12-17(23-24-18)13-4-2-1-3-5-13/h1-9,16-18,23-24H,10-12H2,(H,21,25)(H,22,26). The molecule has 0 aromatic heterocycles. The van der Waals surface area contributed by atoms with Crippen LogP contribution in [-0.4, -0.2) is 23.9 Å². The third-order valence-corrected chi connectivity index (χ3v) is 4.75. The van der Waals surface area contributed by atoms with Crippen molar-refractivity contribution in [3.63, 3.8) is 0 Å². The van der Waals surface area contributed by atoms with Crippen molar-refractivity contribution in [1.29, 1.82) is 0 Å². The zero-order valence-electron chi connectivity index (χ0n) is 14.4. The molecule has 2 fully saturated rings. The Bertz CT molecular complexity index is 787. The van der Waals surface area contributed by atoms with E-state index < -0.39 is 0 Å². The van der Waals surface area contributed by atoms with Gasteiger partial charge in [-0.3, -0.25) is 9.59 Å². The Balaban J connectivity index is 1.32. The smallest absolute Gasteiger partial charge is 0.251 e. The van der Waals surface area contributed by atoms with Crippen LogP contribution in [0.5, 0.6) is 0 Å². The Labute approximate surface area is 152 Å². The molecule has 26 heavy (non-hydrogen) atoms. The summed E-state index contributed by atoms with van der Waals surface area (Å²) in [4.78, 5) is 24.5. The van der Waals surface area contributed by atoms with E-state index >= 15 is 0 Å². The number of amides is 2. The summed E-state index contributed by atoms with van der Waals surface area (Å²) in [6.07, 6.45) is 2.80. The van der Waals surface area contributed by atoms with E-state index in [1.807, 2.05) is 30.3 Å². The lowest BCUT2D eigenvalue weighted by atomic mass is 10.0. The van der Waals surface area contributed by atoms with Crippen LogP contribution in [0.4, 0.5) is 5.69 Å². The minimum atomic E-state index is -0.307. The molecule has 6 heteroatoms. The summed E-state index contributed by atoms with van der Waals surface area (Å²) in [5, 5.41) is 5.85. The highest BCUT2D eigenvalue weighted by atomic mass is 16.2. The van der Waals surface area contributed by atoms with Gasteiger partial charge in [0, 0.05) is 23.3 Å². The Morgan fingerprint density at radius 3 is 2.35 bits per heavy atom. The molecule has 1 aliphatic heterocycles. The molecule has 134 valence electrons. The van der Waals surface area contributed by atoms with E-state index in [0.717, 1.165) is 18.4 Å². The van der Waals surface area contributed by atoms with Crippen molar-refractivity contribution >= 4 is 17.5 Å². The van der Waals surface area contributed by atoms with Gasteiger partial charge in [0.1, 0.15) is 6.04 Å². The van der Waals surface area contributed by atoms with Gasteiger partial charge in [-0.1, -0.05) is 30.3 Å². The average molecular weight is 350 g/mol. The summed E-state index contributed by atoms with van der Waals surface area (Å²) in [6.45, 7) is 0. The normalized spacial score (nSPS) is 22.0. The first-order valence-electron chi connectivity index (χ1n) is 8.97. The van der Waals surface area contributed by atoms with E-state index in [2.05, 4.69) is 21.5 Å². The monoisotopic (exact) mass is 350 g/mol. The fraction of sp³-hybridized carbons (Fsp3) is 0.300. The van der Waals surface area contributed by atoms with Gasteiger partial charge >= 0.3 is 0 Å². The highest BCUT2D eigenvalue weighted by Gasteiger charge is 2.30. The van der Waals surface area contributed by atoms with Gasteiger partial charge in [-0.25, -0.2) is 10.9 Å². The molecule has 1 saturated heterocycles. The molecular weight excluding hydrogens is 328 g/mol. The fourth-order valence-electron chi connectivity index (χ4n) is 3.06. The topological polar surface area (TPSA) is 82.3 Å². The summed E-state index contributed by atoms with van der Waals surface area (Å²) in [5.41, 5.74) is 8.68. The van der Waals surface area contributed by atoms with E-state index in [1.165, 1.54) is 0 Å². The highest BCUT2D eigenvalue weighted by Crippen LogP contribution is 2.23. The number of carbonyl (C=O) groups is 2. The first-order chi connectivity index (χ1) is 12.7. The quantitative estimate of drug-likeness (QED) is 0.666. The molecule has 6 nitrogen and oxygen atoms in total. The zero-order valence-corrected chi connectivity index (χ0v) is 14.4. The fourth-order valence-corrected chi connectivity index (χ4v) is 3.06. The molecule has 0 bridgehead atoms. The molecule has 0 radical (unpaired) electrons. The molecule has 2 unspecified atom stereocenters. The number of benzene rings is 2. The molecule has 1 aliphatic carbocycles. The van der Waals surface area contributed by atoms with E-state index in [1.54, 1.807) is 24.3 Å². The summed E-state index contributed by atoms with van der Waals surface area (Å²) < 4.78 is 0. The van der Waals surface area contributed by atoms with E-state index in [0.29, 0.717) is 23.7 Å². The third-order valence-electron chi connectivity index (χ3n) is 4.75. The molecule has 2 aromatic rings. The molecule has 0 spiro atoms. The molecule has 4 N–H and O–H groups in total. The second-order valence-corrected chi connectivity index (χ2v) is 6.85. The first kappa shape index (κ1) is 16.8. The van der Waals surface area contributed by atoms with Crippen LogP contribution < -0.4 is 21.5 Å². The summed E-state index contributed by atoms with van der Waals surface area (Å²) >= 11 is 0. The molecule has 1 heterocycles. The maximum absolute atomic E-state index is 12.5. The summed E-state index contributed by atoms with van der Waals surface area (Å²) in [5.74, 6) is -0.149.